The Morgan fingerprint density at radius 3 is 2.33 bits per heavy atom. The molecule has 0 atom stereocenters. The Balaban J connectivity index is 2.25. The lowest BCUT2D eigenvalue weighted by Gasteiger charge is -2.28. The average molecular weight is 310 g/mol. The minimum Gasteiger partial charge on any atom is -0.337 e. The number of aromatic nitrogens is 2. The molecule has 1 saturated carbocycles. The molecular weight excluding hydrogens is 288 g/mol. The fraction of sp³-hybridized carbons (Fsp3) is 0.714. The SMILES string of the molecule is Cc1nc(S(=O)(=O)NC2(C#N)CCCCCCC2)cn1C. The second-order valence-corrected chi connectivity index (χ2v) is 7.43. The Bertz CT molecular complexity index is 615. The summed E-state index contributed by atoms with van der Waals surface area (Å²) in [6.07, 6.45) is 7.61. The van der Waals surface area contributed by atoms with E-state index < -0.39 is 15.6 Å². The van der Waals surface area contributed by atoms with E-state index in [0.29, 0.717) is 18.7 Å². The van der Waals surface area contributed by atoms with Crippen molar-refractivity contribution in [2.24, 2.45) is 7.05 Å². The van der Waals surface area contributed by atoms with E-state index in [9.17, 15) is 13.7 Å². The maximum absolute atomic E-state index is 12.5. The van der Waals surface area contributed by atoms with E-state index in [1.165, 1.54) is 6.20 Å². The molecule has 0 bridgehead atoms. The van der Waals surface area contributed by atoms with E-state index in [4.69, 9.17) is 0 Å². The van der Waals surface area contributed by atoms with E-state index in [1.807, 2.05) is 0 Å². The van der Waals surface area contributed by atoms with Crippen LogP contribution in [-0.2, 0) is 17.1 Å². The van der Waals surface area contributed by atoms with Crippen molar-refractivity contribution in [3.63, 3.8) is 0 Å². The predicted octanol–water partition coefficient (Wildman–Crippen LogP) is 2.01. The summed E-state index contributed by atoms with van der Waals surface area (Å²) in [4.78, 5) is 4.06. The average Bonchev–Trinajstić information content (AvgIpc) is 2.74. The van der Waals surface area contributed by atoms with Gasteiger partial charge in [-0.1, -0.05) is 32.1 Å². The van der Waals surface area contributed by atoms with E-state index in [2.05, 4.69) is 15.8 Å². The fourth-order valence-corrected chi connectivity index (χ4v) is 4.13. The van der Waals surface area contributed by atoms with Crippen molar-refractivity contribution in [1.82, 2.24) is 14.3 Å². The first-order chi connectivity index (χ1) is 9.88. The molecule has 0 aliphatic heterocycles. The zero-order valence-corrected chi connectivity index (χ0v) is 13.4. The largest absolute Gasteiger partial charge is 0.337 e. The monoisotopic (exact) mass is 310 g/mol. The molecule has 1 fully saturated rings. The molecule has 0 aromatic carbocycles. The minimum atomic E-state index is -3.76. The molecule has 21 heavy (non-hydrogen) atoms. The quantitative estimate of drug-likeness (QED) is 0.925. The first-order valence-corrected chi connectivity index (χ1v) is 8.82. The molecule has 0 saturated heterocycles. The second kappa shape index (κ2) is 6.16. The highest BCUT2D eigenvalue weighted by Crippen LogP contribution is 2.27. The Morgan fingerprint density at radius 1 is 1.29 bits per heavy atom. The van der Waals surface area contributed by atoms with Gasteiger partial charge in [0.1, 0.15) is 11.4 Å². The first kappa shape index (κ1) is 16.0. The molecular formula is C14H22N4O2S. The molecule has 0 spiro atoms. The summed E-state index contributed by atoms with van der Waals surface area (Å²) in [7, 11) is -2.02. The van der Waals surface area contributed by atoms with Crippen LogP contribution in [0.15, 0.2) is 11.2 Å². The molecule has 1 aliphatic rings. The van der Waals surface area contributed by atoms with Gasteiger partial charge in [0.25, 0.3) is 10.0 Å². The van der Waals surface area contributed by atoms with Crippen LogP contribution in [0.3, 0.4) is 0 Å². The molecule has 6 nitrogen and oxygen atoms in total. The number of hydrogen-bond acceptors (Lipinski definition) is 4. The third-order valence-electron chi connectivity index (χ3n) is 4.11. The maximum atomic E-state index is 12.5. The Morgan fingerprint density at radius 2 is 1.86 bits per heavy atom. The van der Waals surface area contributed by atoms with Crippen molar-refractivity contribution in [2.75, 3.05) is 0 Å². The highest BCUT2D eigenvalue weighted by molar-refractivity contribution is 7.89. The van der Waals surface area contributed by atoms with Gasteiger partial charge in [-0.05, 0) is 19.8 Å². The topological polar surface area (TPSA) is 87.8 Å². The Labute approximate surface area is 126 Å². The lowest BCUT2D eigenvalue weighted by Crippen LogP contribution is -2.47. The number of aryl methyl sites for hydroxylation is 2. The summed E-state index contributed by atoms with van der Waals surface area (Å²) in [6.45, 7) is 1.74. The summed E-state index contributed by atoms with van der Waals surface area (Å²) in [6, 6.07) is 2.21. The molecule has 1 aromatic heterocycles. The van der Waals surface area contributed by atoms with E-state index >= 15 is 0 Å². The number of nitrogens with one attached hydrogen (secondary N) is 1. The molecule has 1 aliphatic carbocycles. The van der Waals surface area contributed by atoms with Gasteiger partial charge in [-0.3, -0.25) is 0 Å². The van der Waals surface area contributed by atoms with E-state index in [1.54, 1.807) is 18.5 Å². The number of hydrogen-bond donors (Lipinski definition) is 1. The summed E-state index contributed by atoms with van der Waals surface area (Å²) in [5, 5.41) is 9.51. The number of rotatable bonds is 3. The summed E-state index contributed by atoms with van der Waals surface area (Å²) in [5.74, 6) is 0.624. The first-order valence-electron chi connectivity index (χ1n) is 7.34. The number of imidazole rings is 1. The van der Waals surface area contributed by atoms with Crippen LogP contribution in [-0.4, -0.2) is 23.5 Å². The lowest BCUT2D eigenvalue weighted by atomic mass is 9.86. The van der Waals surface area contributed by atoms with Crippen molar-refractivity contribution in [3.8, 4) is 6.07 Å². The number of nitrogens with zero attached hydrogens (tertiary/aromatic N) is 3. The maximum Gasteiger partial charge on any atom is 0.260 e. The molecule has 0 unspecified atom stereocenters. The molecule has 1 aromatic rings. The van der Waals surface area contributed by atoms with Crippen molar-refractivity contribution in [1.29, 1.82) is 5.26 Å². The van der Waals surface area contributed by atoms with Crippen LogP contribution in [0.2, 0.25) is 0 Å². The number of sulfonamides is 1. The third-order valence-corrected chi connectivity index (χ3v) is 5.52. The van der Waals surface area contributed by atoms with Crippen LogP contribution in [0.4, 0.5) is 0 Å². The summed E-state index contributed by atoms with van der Waals surface area (Å²) < 4.78 is 29.3. The van der Waals surface area contributed by atoms with Gasteiger partial charge in [0.15, 0.2) is 5.03 Å². The Hall–Kier alpha value is -1.39. The van der Waals surface area contributed by atoms with Crippen LogP contribution >= 0.6 is 0 Å². The van der Waals surface area contributed by atoms with Crippen molar-refractivity contribution >= 4 is 10.0 Å². The molecule has 1 N–H and O–H groups in total. The number of nitriles is 1. The van der Waals surface area contributed by atoms with Crippen LogP contribution < -0.4 is 4.72 Å². The molecule has 116 valence electrons. The molecule has 1 heterocycles. The van der Waals surface area contributed by atoms with Gasteiger partial charge in [0.2, 0.25) is 0 Å². The highest BCUT2D eigenvalue weighted by atomic mass is 32.2. The smallest absolute Gasteiger partial charge is 0.260 e. The van der Waals surface area contributed by atoms with Crippen LogP contribution in [0.1, 0.15) is 50.8 Å². The van der Waals surface area contributed by atoms with Gasteiger partial charge in [-0.15, -0.1) is 0 Å². The summed E-state index contributed by atoms with van der Waals surface area (Å²) >= 11 is 0. The second-order valence-electron chi connectivity index (χ2n) is 5.80. The zero-order valence-electron chi connectivity index (χ0n) is 12.6. The van der Waals surface area contributed by atoms with Gasteiger partial charge >= 0.3 is 0 Å². The minimum absolute atomic E-state index is 0.0146. The van der Waals surface area contributed by atoms with E-state index in [-0.39, 0.29) is 5.03 Å². The van der Waals surface area contributed by atoms with Gasteiger partial charge < -0.3 is 4.57 Å². The molecule has 7 heteroatoms. The van der Waals surface area contributed by atoms with Gasteiger partial charge in [-0.2, -0.15) is 9.98 Å². The molecule has 2 rings (SSSR count). The van der Waals surface area contributed by atoms with Crippen LogP contribution in [0.25, 0.3) is 0 Å². The molecule has 0 amide bonds. The zero-order chi connectivity index (χ0) is 15.5. The van der Waals surface area contributed by atoms with Crippen LogP contribution in [0, 0.1) is 18.3 Å². The van der Waals surface area contributed by atoms with Gasteiger partial charge in [0, 0.05) is 13.2 Å². The van der Waals surface area contributed by atoms with Crippen LogP contribution in [0.5, 0.6) is 0 Å². The Kier molecular flexibility index (Phi) is 4.69. The van der Waals surface area contributed by atoms with Gasteiger partial charge in [-0.25, -0.2) is 13.4 Å². The van der Waals surface area contributed by atoms with Gasteiger partial charge in [0.05, 0.1) is 6.07 Å². The normalized spacial score (nSPS) is 19.5. The molecule has 0 radical (unpaired) electrons. The standard InChI is InChI=1S/C14H22N4O2S/c1-12-16-13(10-18(12)2)21(19,20)17-14(11-15)8-6-4-3-5-7-9-14/h10,17H,3-9H2,1-2H3. The van der Waals surface area contributed by atoms with Crippen molar-refractivity contribution in [2.45, 2.75) is 62.4 Å². The summed E-state index contributed by atoms with van der Waals surface area (Å²) in [5.41, 5.74) is -0.995. The lowest BCUT2D eigenvalue weighted by molar-refractivity contribution is 0.357. The fourth-order valence-electron chi connectivity index (χ4n) is 2.71. The van der Waals surface area contributed by atoms with Crippen molar-refractivity contribution < 1.29 is 8.42 Å². The predicted molar refractivity (Wildman–Crippen MR) is 78.9 cm³/mol. The van der Waals surface area contributed by atoms with Crippen molar-refractivity contribution in [3.05, 3.63) is 12.0 Å². The third kappa shape index (κ3) is 3.63. The highest BCUT2D eigenvalue weighted by Gasteiger charge is 2.36. The van der Waals surface area contributed by atoms with E-state index in [0.717, 1.165) is 32.1 Å².